The summed E-state index contributed by atoms with van der Waals surface area (Å²) >= 11 is 0. The molecule has 0 fully saturated rings. The molecule has 0 heterocycles. The Labute approximate surface area is 213 Å². The van der Waals surface area contributed by atoms with E-state index < -0.39 is 31.3 Å². The van der Waals surface area contributed by atoms with Crippen LogP contribution in [0.15, 0.2) is 54.6 Å². The molecule has 0 radical (unpaired) electrons. The molecular weight excluding hydrogens is 615 g/mol. The molecule has 2 aromatic carbocycles. The molecule has 2 rings (SSSR count). The van der Waals surface area contributed by atoms with Crippen molar-refractivity contribution in [2.75, 3.05) is 0 Å². The first kappa shape index (κ1) is 35.6. The van der Waals surface area contributed by atoms with Crippen LogP contribution in [0.3, 0.4) is 0 Å². The Hall–Kier alpha value is -1.54. The first-order valence-corrected chi connectivity index (χ1v) is 12.2. The molecule has 0 saturated carbocycles. The molecule has 6 nitrogen and oxygen atoms in total. The van der Waals surface area contributed by atoms with E-state index in [1.165, 1.54) is 36.0 Å². The van der Waals surface area contributed by atoms with E-state index in [4.69, 9.17) is 25.9 Å². The maximum Gasteiger partial charge on any atom is 2.00 e. The van der Waals surface area contributed by atoms with Gasteiger partial charge in [0.2, 0.25) is 0 Å². The van der Waals surface area contributed by atoms with Gasteiger partial charge in [0.05, 0.1) is 0 Å². The number of alkyl halides is 6. The zero-order chi connectivity index (χ0) is 26.8. The van der Waals surface area contributed by atoms with Crippen molar-refractivity contribution in [3.05, 3.63) is 71.3 Å². The zero-order valence-electron chi connectivity index (χ0n) is 18.3. The Morgan fingerprint density at radius 1 is 0.686 bits per heavy atom. The van der Waals surface area contributed by atoms with Crippen molar-refractivity contribution in [1.29, 1.82) is 0 Å². The fourth-order valence-electron chi connectivity index (χ4n) is 2.21. The number of hydrogen-bond donors (Lipinski definition) is 0. The number of rotatable bonds is 5. The van der Waals surface area contributed by atoms with Crippen molar-refractivity contribution in [3.63, 3.8) is 0 Å². The third kappa shape index (κ3) is 15.2. The van der Waals surface area contributed by atoms with Crippen molar-refractivity contribution in [2.24, 2.45) is 0 Å². The summed E-state index contributed by atoms with van der Waals surface area (Å²) in [5.41, 5.74) is -6.96. The zero-order valence-corrected chi connectivity index (χ0v) is 21.7. The third-order valence-electron chi connectivity index (χ3n) is 3.99. The van der Waals surface area contributed by atoms with Gasteiger partial charge in [-0.25, -0.2) is 16.8 Å². The number of aryl methyl sites for hydroxylation is 2. The van der Waals surface area contributed by atoms with E-state index >= 15 is 0 Å². The van der Waals surface area contributed by atoms with Gasteiger partial charge >= 0.3 is 30.5 Å². The Morgan fingerprint density at radius 2 is 1.00 bits per heavy atom. The average molecular weight is 638 g/mol. The van der Waals surface area contributed by atoms with Gasteiger partial charge in [0.25, 0.3) is 0 Å². The van der Waals surface area contributed by atoms with Gasteiger partial charge in [-0.1, -0.05) is 68.4 Å². The summed E-state index contributed by atoms with van der Waals surface area (Å²) in [5.74, 6) is 0.628. The van der Waals surface area contributed by atoms with Crippen molar-refractivity contribution < 1.29 is 71.8 Å². The minimum Gasteiger partial charge on any atom is -0.741 e. The SMILES string of the molecule is CC(C)c1ccc(CCCc2ccccc2)cc1.O=S(=O)([O-])C(F)(F)F.O=S(=O)([O-])C(F)(F)F.[Ru+2]. The number of halogens is 6. The second-order valence-electron chi connectivity index (χ2n) is 7.04. The molecule has 0 bridgehead atoms. The second-order valence-corrected chi connectivity index (χ2v) is 9.78. The Bertz CT molecular complexity index is 1030. The quantitative estimate of drug-likeness (QED) is 0.196. The molecule has 0 atom stereocenters. The first-order valence-electron chi connectivity index (χ1n) is 9.42. The molecule has 0 saturated heterocycles. The summed E-state index contributed by atoms with van der Waals surface area (Å²) in [6.45, 7) is 4.48. The van der Waals surface area contributed by atoms with Crippen LogP contribution in [0, 0.1) is 0 Å². The van der Waals surface area contributed by atoms with E-state index in [9.17, 15) is 26.3 Å². The minimum atomic E-state index is -6.09. The molecule has 0 aliphatic rings. The molecule has 0 N–H and O–H groups in total. The van der Waals surface area contributed by atoms with Gasteiger partial charge in [-0.05, 0) is 41.9 Å². The van der Waals surface area contributed by atoms with Gasteiger partial charge in [-0.3, -0.25) is 0 Å². The van der Waals surface area contributed by atoms with Gasteiger partial charge in [0.15, 0.2) is 20.2 Å². The minimum absolute atomic E-state index is 0. The Morgan fingerprint density at radius 3 is 1.29 bits per heavy atom. The fraction of sp³-hybridized carbons (Fsp3) is 0.400. The van der Waals surface area contributed by atoms with Crippen molar-refractivity contribution in [2.45, 2.75) is 50.0 Å². The maximum absolute atomic E-state index is 10.7. The standard InChI is InChI=1S/C18H22.2CHF3O3S.Ru/c1-15(2)18-13-11-17(12-14-18)10-6-9-16-7-4-3-5-8-16;2*2-1(3,4)8(5,6)7;/h3-5,7-8,11-15H,6,9-10H2,1-2H3;2*(H,5,6,7);/q;;;+2/p-2. The molecule has 2 aromatic rings. The topological polar surface area (TPSA) is 114 Å². The molecule has 0 spiro atoms. The first-order chi connectivity index (χ1) is 15.3. The predicted octanol–water partition coefficient (Wildman–Crippen LogP) is 5.09. The molecule has 15 heteroatoms. The van der Waals surface area contributed by atoms with E-state index in [0.29, 0.717) is 5.92 Å². The van der Waals surface area contributed by atoms with Crippen LogP contribution in [0.1, 0.15) is 42.9 Å². The summed E-state index contributed by atoms with van der Waals surface area (Å²) in [5, 5.41) is 0. The monoisotopic (exact) mass is 638 g/mol. The van der Waals surface area contributed by atoms with Crippen molar-refractivity contribution >= 4 is 20.2 Å². The van der Waals surface area contributed by atoms with Crippen molar-refractivity contribution in [1.82, 2.24) is 0 Å². The fourth-order valence-corrected chi connectivity index (χ4v) is 2.21. The van der Waals surface area contributed by atoms with Crippen LogP contribution in [-0.2, 0) is 52.6 Å². The van der Waals surface area contributed by atoms with Gasteiger partial charge in [-0.15, -0.1) is 0 Å². The van der Waals surface area contributed by atoms with Crippen LogP contribution < -0.4 is 0 Å². The maximum atomic E-state index is 10.7. The molecule has 200 valence electrons. The molecule has 0 aliphatic carbocycles. The summed E-state index contributed by atoms with van der Waals surface area (Å²) in [7, 11) is -12.2. The molecule has 0 aliphatic heterocycles. The molecule has 0 aromatic heterocycles. The van der Waals surface area contributed by atoms with E-state index in [1.807, 2.05) is 0 Å². The van der Waals surface area contributed by atoms with E-state index in [-0.39, 0.29) is 19.5 Å². The van der Waals surface area contributed by atoms with E-state index in [1.54, 1.807) is 0 Å². The summed E-state index contributed by atoms with van der Waals surface area (Å²) < 4.78 is 118. The van der Waals surface area contributed by atoms with Gasteiger partial charge in [-0.2, -0.15) is 26.3 Å². The average Bonchev–Trinajstić information content (AvgIpc) is 2.67. The molecule has 0 unspecified atom stereocenters. The number of benzene rings is 2. The third-order valence-corrected chi connectivity index (χ3v) is 5.12. The van der Waals surface area contributed by atoms with Crippen LogP contribution in [0.4, 0.5) is 26.3 Å². The van der Waals surface area contributed by atoms with E-state index in [0.717, 1.165) is 0 Å². The van der Waals surface area contributed by atoms with Crippen LogP contribution in [-0.4, -0.2) is 37.0 Å². The van der Waals surface area contributed by atoms with Gasteiger partial charge < -0.3 is 9.11 Å². The van der Waals surface area contributed by atoms with Gasteiger partial charge in [0.1, 0.15) is 0 Å². The molecule has 35 heavy (non-hydrogen) atoms. The van der Waals surface area contributed by atoms with Crippen LogP contribution in [0.2, 0.25) is 0 Å². The smallest absolute Gasteiger partial charge is 0.741 e. The summed E-state index contributed by atoms with van der Waals surface area (Å²) in [4.78, 5) is 0. The van der Waals surface area contributed by atoms with Crippen molar-refractivity contribution in [3.8, 4) is 0 Å². The summed E-state index contributed by atoms with van der Waals surface area (Å²) in [6, 6.07) is 19.8. The number of hydrogen-bond acceptors (Lipinski definition) is 6. The molecular formula is C20H22F6O6RuS2. The second kappa shape index (κ2) is 14.9. The Balaban J connectivity index is 0. The van der Waals surface area contributed by atoms with E-state index in [2.05, 4.69) is 68.4 Å². The molecule has 0 amide bonds. The normalized spacial score (nSPS) is 12.0. The van der Waals surface area contributed by atoms with Crippen LogP contribution in [0.5, 0.6) is 0 Å². The summed E-state index contributed by atoms with van der Waals surface area (Å²) in [6.07, 6.45) is 3.57. The van der Waals surface area contributed by atoms with Crippen LogP contribution in [0.25, 0.3) is 0 Å². The van der Waals surface area contributed by atoms with Gasteiger partial charge in [0, 0.05) is 0 Å². The Kier molecular flexibility index (Phi) is 15.2. The predicted molar refractivity (Wildman–Crippen MR) is 111 cm³/mol. The van der Waals surface area contributed by atoms with Crippen LogP contribution >= 0.6 is 0 Å². The largest absolute Gasteiger partial charge is 2.00 e.